The number of furan rings is 1. The quantitative estimate of drug-likeness (QED) is 0.361. The zero-order chi connectivity index (χ0) is 22.0. The van der Waals surface area contributed by atoms with Gasteiger partial charge in [-0.15, -0.1) is 0 Å². The van der Waals surface area contributed by atoms with E-state index >= 15 is 0 Å². The van der Waals surface area contributed by atoms with Gasteiger partial charge in [0.25, 0.3) is 0 Å². The Morgan fingerprint density at radius 2 is 1.90 bits per heavy atom. The van der Waals surface area contributed by atoms with Crippen LogP contribution in [0.25, 0.3) is 10.9 Å². The summed E-state index contributed by atoms with van der Waals surface area (Å²) in [6, 6.07) is 18.0. The first-order valence-electron chi connectivity index (χ1n) is 10.5. The summed E-state index contributed by atoms with van der Waals surface area (Å²) in [6.45, 7) is 6.97. The van der Waals surface area contributed by atoms with Crippen molar-refractivity contribution in [2.75, 3.05) is 0 Å². The Morgan fingerprint density at radius 1 is 1.13 bits per heavy atom. The van der Waals surface area contributed by atoms with Crippen molar-refractivity contribution in [1.82, 2.24) is 10.3 Å². The summed E-state index contributed by atoms with van der Waals surface area (Å²) in [6.07, 6.45) is 3.93. The van der Waals surface area contributed by atoms with E-state index in [2.05, 4.69) is 55.3 Å². The van der Waals surface area contributed by atoms with Gasteiger partial charge in [0, 0.05) is 34.5 Å². The van der Waals surface area contributed by atoms with E-state index in [9.17, 15) is 4.79 Å². The van der Waals surface area contributed by atoms with Gasteiger partial charge in [-0.25, -0.2) is 0 Å². The molecule has 2 N–H and O–H groups in total. The zero-order valence-corrected chi connectivity index (χ0v) is 18.8. The third-order valence-corrected chi connectivity index (χ3v) is 5.89. The van der Waals surface area contributed by atoms with Crippen molar-refractivity contribution >= 4 is 28.4 Å². The van der Waals surface area contributed by atoms with E-state index in [0.29, 0.717) is 18.0 Å². The maximum Gasteiger partial charge on any atom is 0.221 e. The van der Waals surface area contributed by atoms with E-state index in [1.54, 1.807) is 6.26 Å². The van der Waals surface area contributed by atoms with Crippen LogP contribution in [0.15, 0.2) is 71.5 Å². The lowest BCUT2D eigenvalue weighted by atomic mass is 9.83. The van der Waals surface area contributed by atoms with Crippen LogP contribution in [0.4, 0.5) is 0 Å². The molecule has 0 spiro atoms. The van der Waals surface area contributed by atoms with E-state index in [4.69, 9.17) is 16.0 Å². The monoisotopic (exact) mass is 434 g/mol. The summed E-state index contributed by atoms with van der Waals surface area (Å²) in [5, 5.41) is 4.69. The Labute approximate surface area is 187 Å². The number of carbonyl (C=O) groups is 1. The molecule has 1 amide bonds. The first kappa shape index (κ1) is 21.3. The molecule has 2 aromatic heterocycles. The normalized spacial score (nSPS) is 12.8. The fraction of sp³-hybridized carbons (Fsp3) is 0.269. The molecule has 0 bridgehead atoms. The van der Waals surface area contributed by atoms with E-state index < -0.39 is 0 Å². The number of aromatic amines is 1. The lowest BCUT2D eigenvalue weighted by Gasteiger charge is -2.22. The summed E-state index contributed by atoms with van der Waals surface area (Å²) in [7, 11) is 0. The predicted octanol–water partition coefficient (Wildman–Crippen LogP) is 6.55. The van der Waals surface area contributed by atoms with Crippen LogP contribution in [-0.4, -0.2) is 10.9 Å². The highest BCUT2D eigenvalue weighted by Gasteiger charge is 2.23. The van der Waals surface area contributed by atoms with Crippen molar-refractivity contribution in [3.05, 3.63) is 94.5 Å². The molecule has 1 atom stereocenters. The number of aromatic nitrogens is 1. The molecule has 0 fully saturated rings. The number of halogens is 1. The summed E-state index contributed by atoms with van der Waals surface area (Å²) in [4.78, 5) is 16.2. The first-order chi connectivity index (χ1) is 14.8. The molecule has 0 saturated carbocycles. The maximum absolute atomic E-state index is 12.9. The van der Waals surface area contributed by atoms with Crippen LogP contribution >= 0.6 is 11.6 Å². The molecule has 4 aromatic rings. The Balaban J connectivity index is 1.66. The van der Waals surface area contributed by atoms with Crippen LogP contribution in [0.3, 0.4) is 0 Å². The number of nitrogens with one attached hydrogen (secondary N) is 2. The van der Waals surface area contributed by atoms with Gasteiger partial charge in [-0.05, 0) is 52.4 Å². The van der Waals surface area contributed by atoms with Crippen molar-refractivity contribution < 1.29 is 9.21 Å². The number of carbonyl (C=O) groups excluding carboxylic acids is 1. The highest BCUT2D eigenvalue weighted by molar-refractivity contribution is 6.31. The first-order valence-corrected chi connectivity index (χ1v) is 10.8. The van der Waals surface area contributed by atoms with Crippen LogP contribution in [0.1, 0.15) is 55.6 Å². The van der Waals surface area contributed by atoms with Gasteiger partial charge < -0.3 is 14.7 Å². The van der Waals surface area contributed by atoms with E-state index in [-0.39, 0.29) is 17.2 Å². The number of benzene rings is 2. The van der Waals surface area contributed by atoms with Crippen molar-refractivity contribution in [2.45, 2.75) is 45.1 Å². The Morgan fingerprint density at radius 3 is 2.58 bits per heavy atom. The zero-order valence-electron chi connectivity index (χ0n) is 18.0. The van der Waals surface area contributed by atoms with E-state index in [0.717, 1.165) is 27.8 Å². The molecule has 4 nitrogen and oxygen atoms in total. The molecule has 2 heterocycles. The van der Waals surface area contributed by atoms with Crippen LogP contribution in [0.2, 0.25) is 5.02 Å². The summed E-state index contributed by atoms with van der Waals surface area (Å²) in [5.41, 5.74) is 4.50. The van der Waals surface area contributed by atoms with Gasteiger partial charge in [0.05, 0.1) is 12.8 Å². The molecule has 0 aliphatic rings. The summed E-state index contributed by atoms with van der Waals surface area (Å²) < 4.78 is 5.33. The summed E-state index contributed by atoms with van der Waals surface area (Å²) in [5.74, 6) is 0.605. The van der Waals surface area contributed by atoms with Crippen molar-refractivity contribution in [2.24, 2.45) is 0 Å². The van der Waals surface area contributed by atoms with Gasteiger partial charge in [0.15, 0.2) is 0 Å². The van der Waals surface area contributed by atoms with Gasteiger partial charge in [0.1, 0.15) is 5.76 Å². The van der Waals surface area contributed by atoms with E-state index in [1.807, 2.05) is 36.5 Å². The molecule has 5 heteroatoms. The molecule has 31 heavy (non-hydrogen) atoms. The molecule has 2 aromatic carbocycles. The lowest BCUT2D eigenvalue weighted by Crippen LogP contribution is -2.24. The highest BCUT2D eigenvalue weighted by atomic mass is 35.5. The molecule has 160 valence electrons. The van der Waals surface area contributed by atoms with E-state index in [1.165, 1.54) is 5.56 Å². The minimum Gasteiger partial charge on any atom is -0.467 e. The molecule has 0 saturated heterocycles. The number of hydrogen-bond donors (Lipinski definition) is 2. The van der Waals surface area contributed by atoms with Gasteiger partial charge in [-0.1, -0.05) is 56.6 Å². The maximum atomic E-state index is 12.9. The molecular formula is C26H27ClN2O2. The number of H-pyrrole nitrogens is 1. The third kappa shape index (κ3) is 4.86. The highest BCUT2D eigenvalue weighted by Crippen LogP contribution is 2.35. The predicted molar refractivity (Wildman–Crippen MR) is 125 cm³/mol. The number of rotatable bonds is 6. The smallest absolute Gasteiger partial charge is 0.221 e. The van der Waals surface area contributed by atoms with Gasteiger partial charge in [-0.2, -0.15) is 0 Å². The Hall–Kier alpha value is -2.98. The Kier molecular flexibility index (Phi) is 5.92. The van der Waals surface area contributed by atoms with Gasteiger partial charge in [-0.3, -0.25) is 4.79 Å². The second-order valence-corrected chi connectivity index (χ2v) is 9.36. The fourth-order valence-corrected chi connectivity index (χ4v) is 4.05. The van der Waals surface area contributed by atoms with Crippen LogP contribution < -0.4 is 5.32 Å². The minimum atomic E-state index is -0.0992. The third-order valence-electron chi connectivity index (χ3n) is 5.66. The molecule has 4 rings (SSSR count). The van der Waals surface area contributed by atoms with Crippen LogP contribution in [-0.2, 0) is 16.8 Å². The number of hydrogen-bond acceptors (Lipinski definition) is 2. The molecule has 0 aliphatic heterocycles. The van der Waals surface area contributed by atoms with Crippen LogP contribution in [0, 0.1) is 0 Å². The van der Waals surface area contributed by atoms with Gasteiger partial charge in [0.2, 0.25) is 5.91 Å². The Bertz CT molecular complexity index is 1170. The minimum absolute atomic E-state index is 0.0299. The second-order valence-electron chi connectivity index (χ2n) is 8.92. The van der Waals surface area contributed by atoms with Crippen LogP contribution in [0.5, 0.6) is 0 Å². The molecule has 0 radical (unpaired) electrons. The average Bonchev–Trinajstić information content (AvgIpc) is 3.40. The van der Waals surface area contributed by atoms with Gasteiger partial charge >= 0.3 is 0 Å². The largest absolute Gasteiger partial charge is 0.467 e. The van der Waals surface area contributed by atoms with Crippen molar-refractivity contribution in [3.8, 4) is 0 Å². The molecule has 1 unspecified atom stereocenters. The average molecular weight is 435 g/mol. The standard InChI is InChI=1S/C26H27ClN2O2/c1-26(2,3)18-8-6-17(7-9-18)21(14-25(30)29-15-20-5-4-12-31-20)23-16-28-24-11-10-19(27)13-22(23)24/h4-13,16,21,28H,14-15H2,1-3H3,(H,29,30). The SMILES string of the molecule is CC(C)(C)c1ccc(C(CC(=O)NCc2ccco2)c2c[nH]c3ccc(Cl)cc23)cc1. The topological polar surface area (TPSA) is 58.0 Å². The molecule has 0 aliphatic carbocycles. The fourth-order valence-electron chi connectivity index (χ4n) is 3.88. The van der Waals surface area contributed by atoms with Crippen molar-refractivity contribution in [3.63, 3.8) is 0 Å². The van der Waals surface area contributed by atoms with Crippen molar-refractivity contribution in [1.29, 1.82) is 0 Å². The molecular weight excluding hydrogens is 408 g/mol. The summed E-state index contributed by atoms with van der Waals surface area (Å²) >= 11 is 6.28. The lowest BCUT2D eigenvalue weighted by molar-refractivity contribution is -0.121. The number of fused-ring (bicyclic) bond motifs is 1. The second kappa shape index (κ2) is 8.64. The number of amides is 1.